The molecule has 0 aromatic heterocycles. The molecule has 1 atom stereocenters. The second-order valence-electron chi connectivity index (χ2n) is 4.22. The van der Waals surface area contributed by atoms with E-state index in [4.69, 9.17) is 5.11 Å². The zero-order valence-corrected chi connectivity index (χ0v) is 12.0. The minimum absolute atomic E-state index is 0.115. The van der Waals surface area contributed by atoms with E-state index in [9.17, 15) is 4.79 Å². The Morgan fingerprint density at radius 3 is 2.89 bits per heavy atom. The van der Waals surface area contributed by atoms with Gasteiger partial charge < -0.3 is 10.4 Å². The van der Waals surface area contributed by atoms with Crippen LogP contribution in [0.3, 0.4) is 0 Å². The highest BCUT2D eigenvalue weighted by Crippen LogP contribution is 2.16. The van der Waals surface area contributed by atoms with Crippen molar-refractivity contribution in [2.24, 2.45) is 5.92 Å². The molecule has 98 valence electrons. The van der Waals surface area contributed by atoms with E-state index < -0.39 is 0 Å². The van der Waals surface area contributed by atoms with Crippen molar-refractivity contribution in [1.29, 1.82) is 0 Å². The lowest BCUT2D eigenvalue weighted by Gasteiger charge is -2.09. The van der Waals surface area contributed by atoms with Crippen LogP contribution in [0, 0.1) is 5.92 Å². The fourth-order valence-corrected chi connectivity index (χ4v) is 1.85. The molecular formula is C14H18BrNO2. The van der Waals surface area contributed by atoms with Gasteiger partial charge in [-0.2, -0.15) is 0 Å². The maximum atomic E-state index is 11.6. The number of hydrogen-bond acceptors (Lipinski definition) is 2. The van der Waals surface area contributed by atoms with Crippen molar-refractivity contribution in [3.8, 4) is 0 Å². The lowest BCUT2D eigenvalue weighted by molar-refractivity contribution is -0.116. The van der Waals surface area contributed by atoms with Crippen LogP contribution in [0.4, 0.5) is 0 Å². The fourth-order valence-electron chi connectivity index (χ4n) is 1.43. The van der Waals surface area contributed by atoms with Gasteiger partial charge in [0.05, 0.1) is 0 Å². The van der Waals surface area contributed by atoms with Crippen LogP contribution in [0.2, 0.25) is 0 Å². The van der Waals surface area contributed by atoms with Crippen molar-refractivity contribution in [3.05, 3.63) is 40.4 Å². The van der Waals surface area contributed by atoms with Gasteiger partial charge in [-0.3, -0.25) is 4.79 Å². The molecule has 0 fully saturated rings. The van der Waals surface area contributed by atoms with Gasteiger partial charge >= 0.3 is 0 Å². The van der Waals surface area contributed by atoms with Crippen molar-refractivity contribution >= 4 is 27.9 Å². The largest absolute Gasteiger partial charge is 0.396 e. The number of amides is 1. The van der Waals surface area contributed by atoms with Crippen LogP contribution in [-0.4, -0.2) is 24.2 Å². The van der Waals surface area contributed by atoms with Gasteiger partial charge in [-0.1, -0.05) is 41.1 Å². The van der Waals surface area contributed by atoms with Crippen LogP contribution >= 0.6 is 15.9 Å². The Hall–Kier alpha value is -1.13. The third-order valence-corrected chi connectivity index (χ3v) is 3.29. The van der Waals surface area contributed by atoms with Gasteiger partial charge in [0.15, 0.2) is 0 Å². The molecule has 3 nitrogen and oxygen atoms in total. The normalized spacial score (nSPS) is 12.6. The second kappa shape index (κ2) is 8.06. The first-order valence-electron chi connectivity index (χ1n) is 5.94. The molecule has 0 radical (unpaired) electrons. The van der Waals surface area contributed by atoms with Gasteiger partial charge in [0.2, 0.25) is 5.91 Å². The zero-order chi connectivity index (χ0) is 13.4. The third-order valence-electron chi connectivity index (χ3n) is 2.57. The molecule has 0 aliphatic heterocycles. The first-order chi connectivity index (χ1) is 8.63. The van der Waals surface area contributed by atoms with E-state index in [1.54, 1.807) is 6.08 Å². The number of carbonyl (C=O) groups is 1. The zero-order valence-electron chi connectivity index (χ0n) is 10.4. The molecule has 1 aromatic carbocycles. The molecular weight excluding hydrogens is 294 g/mol. The molecule has 1 unspecified atom stereocenters. The van der Waals surface area contributed by atoms with Crippen LogP contribution < -0.4 is 5.32 Å². The van der Waals surface area contributed by atoms with Crippen molar-refractivity contribution in [2.75, 3.05) is 13.2 Å². The van der Waals surface area contributed by atoms with Crippen molar-refractivity contribution in [2.45, 2.75) is 13.3 Å². The highest BCUT2D eigenvalue weighted by molar-refractivity contribution is 9.10. The summed E-state index contributed by atoms with van der Waals surface area (Å²) in [7, 11) is 0. The minimum Gasteiger partial charge on any atom is -0.396 e. The standard InChI is InChI=1S/C14H18BrNO2/c1-11(8-9-17)10-16-14(18)7-6-12-4-2-3-5-13(12)15/h2-7,11,17H,8-10H2,1H3,(H,16,18)/b7-6+. The Balaban J connectivity index is 2.43. The minimum atomic E-state index is -0.115. The average molecular weight is 312 g/mol. The first kappa shape index (κ1) is 14.9. The summed E-state index contributed by atoms with van der Waals surface area (Å²) in [5.74, 6) is 0.173. The smallest absolute Gasteiger partial charge is 0.244 e. The molecule has 1 rings (SSSR count). The van der Waals surface area contributed by atoms with E-state index in [1.807, 2.05) is 31.2 Å². The predicted octanol–water partition coefficient (Wildman–Crippen LogP) is 2.60. The number of benzene rings is 1. The fraction of sp³-hybridized carbons (Fsp3) is 0.357. The van der Waals surface area contributed by atoms with Crippen LogP contribution in [0.5, 0.6) is 0 Å². The van der Waals surface area contributed by atoms with E-state index in [-0.39, 0.29) is 18.4 Å². The molecule has 18 heavy (non-hydrogen) atoms. The quantitative estimate of drug-likeness (QED) is 0.793. The SMILES string of the molecule is CC(CCO)CNC(=O)/C=C/c1ccccc1Br. The maximum absolute atomic E-state index is 11.6. The van der Waals surface area contributed by atoms with Crippen molar-refractivity contribution in [1.82, 2.24) is 5.32 Å². The molecule has 1 amide bonds. The van der Waals surface area contributed by atoms with E-state index in [1.165, 1.54) is 6.08 Å². The predicted molar refractivity (Wildman–Crippen MR) is 77.1 cm³/mol. The summed E-state index contributed by atoms with van der Waals surface area (Å²) < 4.78 is 0.961. The molecule has 0 aliphatic rings. The Kier molecular flexibility index (Phi) is 6.68. The molecule has 1 aromatic rings. The number of aliphatic hydroxyl groups is 1. The summed E-state index contributed by atoms with van der Waals surface area (Å²) in [5, 5.41) is 11.6. The van der Waals surface area contributed by atoms with Crippen molar-refractivity contribution in [3.63, 3.8) is 0 Å². The average Bonchev–Trinajstić information content (AvgIpc) is 2.36. The molecule has 0 heterocycles. The molecule has 0 saturated carbocycles. The lowest BCUT2D eigenvalue weighted by Crippen LogP contribution is -2.26. The highest BCUT2D eigenvalue weighted by Gasteiger charge is 2.02. The van der Waals surface area contributed by atoms with Crippen LogP contribution in [0.25, 0.3) is 6.08 Å². The van der Waals surface area contributed by atoms with E-state index in [0.29, 0.717) is 13.0 Å². The monoisotopic (exact) mass is 311 g/mol. The Morgan fingerprint density at radius 2 is 2.22 bits per heavy atom. The maximum Gasteiger partial charge on any atom is 0.244 e. The van der Waals surface area contributed by atoms with Gasteiger partial charge in [0.25, 0.3) is 0 Å². The number of rotatable bonds is 6. The van der Waals surface area contributed by atoms with E-state index in [0.717, 1.165) is 10.0 Å². The molecule has 0 bridgehead atoms. The molecule has 2 N–H and O–H groups in total. The van der Waals surface area contributed by atoms with Gasteiger partial charge in [0.1, 0.15) is 0 Å². The van der Waals surface area contributed by atoms with Gasteiger partial charge in [0, 0.05) is 23.7 Å². The number of nitrogens with one attached hydrogen (secondary N) is 1. The van der Waals surface area contributed by atoms with Crippen LogP contribution in [-0.2, 0) is 4.79 Å². The summed E-state index contributed by atoms with van der Waals surface area (Å²) in [5.41, 5.74) is 0.969. The third kappa shape index (κ3) is 5.47. The number of carbonyl (C=O) groups excluding carboxylic acids is 1. The number of aliphatic hydroxyl groups excluding tert-OH is 1. The summed E-state index contributed by atoms with van der Waals surface area (Å²) in [4.78, 5) is 11.6. The van der Waals surface area contributed by atoms with E-state index >= 15 is 0 Å². The summed E-state index contributed by atoms with van der Waals surface area (Å²) in [6.45, 7) is 2.73. The summed E-state index contributed by atoms with van der Waals surface area (Å²) in [6, 6.07) is 7.72. The van der Waals surface area contributed by atoms with Crippen LogP contribution in [0.1, 0.15) is 18.9 Å². The van der Waals surface area contributed by atoms with Gasteiger partial charge in [-0.05, 0) is 30.0 Å². The van der Waals surface area contributed by atoms with E-state index in [2.05, 4.69) is 21.2 Å². The highest BCUT2D eigenvalue weighted by atomic mass is 79.9. The molecule has 0 aliphatic carbocycles. The summed E-state index contributed by atoms with van der Waals surface area (Å²) in [6.07, 6.45) is 4.00. The Morgan fingerprint density at radius 1 is 1.50 bits per heavy atom. The molecule has 0 saturated heterocycles. The molecule has 0 spiro atoms. The summed E-state index contributed by atoms with van der Waals surface area (Å²) >= 11 is 3.42. The second-order valence-corrected chi connectivity index (χ2v) is 5.07. The first-order valence-corrected chi connectivity index (χ1v) is 6.74. The van der Waals surface area contributed by atoms with Gasteiger partial charge in [-0.25, -0.2) is 0 Å². The van der Waals surface area contributed by atoms with Gasteiger partial charge in [-0.15, -0.1) is 0 Å². The Bertz CT molecular complexity index is 418. The topological polar surface area (TPSA) is 49.3 Å². The number of hydrogen-bond donors (Lipinski definition) is 2. The lowest BCUT2D eigenvalue weighted by atomic mass is 10.1. The number of halogens is 1. The van der Waals surface area contributed by atoms with Crippen molar-refractivity contribution < 1.29 is 9.90 Å². The van der Waals surface area contributed by atoms with Crippen LogP contribution in [0.15, 0.2) is 34.8 Å². The Labute approximate surface area is 116 Å². The molecule has 4 heteroatoms.